The Bertz CT molecular complexity index is 317. The van der Waals surface area contributed by atoms with Crippen LogP contribution in [0.1, 0.15) is 45.4 Å². The molecule has 0 amide bonds. The van der Waals surface area contributed by atoms with Crippen molar-refractivity contribution in [2.45, 2.75) is 45.4 Å². The molecule has 3 heteroatoms. The Morgan fingerprint density at radius 3 is 2.05 bits per heavy atom. The first-order valence-corrected chi connectivity index (χ1v) is 9.88. The van der Waals surface area contributed by atoms with Crippen molar-refractivity contribution < 1.29 is 0 Å². The van der Waals surface area contributed by atoms with Crippen LogP contribution < -0.4 is 0 Å². The van der Waals surface area contributed by atoms with Crippen LogP contribution in [0, 0.1) is 17.8 Å². The molecule has 0 saturated carbocycles. The average Bonchev–Trinajstić information content (AvgIpc) is 2.57. The molecule has 0 bridgehead atoms. The summed E-state index contributed by atoms with van der Waals surface area (Å²) in [4.78, 5) is 7.95. The molecular formula is C19H37N3. The van der Waals surface area contributed by atoms with E-state index in [1.165, 1.54) is 90.9 Å². The minimum atomic E-state index is 0.939. The van der Waals surface area contributed by atoms with E-state index in [4.69, 9.17) is 0 Å². The standard InChI is InChI=1S/C19H37N3/c1-3-21-10-4-5-17(15-21)16-22-13-8-19(9-14-22)18-6-11-20(2)12-7-18/h17-19H,3-16H2,1-2H3/t17-/m0/s1. The largest absolute Gasteiger partial charge is 0.306 e. The topological polar surface area (TPSA) is 9.72 Å². The summed E-state index contributed by atoms with van der Waals surface area (Å²) in [6.07, 6.45) is 8.73. The van der Waals surface area contributed by atoms with Crippen molar-refractivity contribution in [3.8, 4) is 0 Å². The Kier molecular flexibility index (Phi) is 6.17. The van der Waals surface area contributed by atoms with Crippen LogP contribution in [0.5, 0.6) is 0 Å². The number of nitrogens with zero attached hydrogens (tertiary/aromatic N) is 3. The van der Waals surface area contributed by atoms with Crippen LogP contribution in [0.3, 0.4) is 0 Å². The third kappa shape index (κ3) is 4.46. The lowest BCUT2D eigenvalue weighted by atomic mass is 9.78. The van der Waals surface area contributed by atoms with Gasteiger partial charge in [-0.2, -0.15) is 0 Å². The van der Waals surface area contributed by atoms with Crippen molar-refractivity contribution >= 4 is 0 Å². The maximum absolute atomic E-state index is 2.79. The van der Waals surface area contributed by atoms with Gasteiger partial charge in [-0.25, -0.2) is 0 Å². The molecule has 3 saturated heterocycles. The highest BCUT2D eigenvalue weighted by Gasteiger charge is 2.30. The molecule has 0 radical (unpaired) electrons. The number of hydrogen-bond donors (Lipinski definition) is 0. The van der Waals surface area contributed by atoms with E-state index < -0.39 is 0 Å². The number of piperidine rings is 3. The lowest BCUT2D eigenvalue weighted by molar-refractivity contribution is 0.0811. The van der Waals surface area contributed by atoms with Crippen LogP contribution in [-0.2, 0) is 0 Å². The van der Waals surface area contributed by atoms with Gasteiger partial charge < -0.3 is 14.7 Å². The van der Waals surface area contributed by atoms with Crippen LogP contribution in [0.2, 0.25) is 0 Å². The van der Waals surface area contributed by atoms with Crippen molar-refractivity contribution in [3.05, 3.63) is 0 Å². The molecule has 128 valence electrons. The van der Waals surface area contributed by atoms with Crippen molar-refractivity contribution in [2.24, 2.45) is 17.8 Å². The van der Waals surface area contributed by atoms with Crippen molar-refractivity contribution in [2.75, 3.05) is 59.4 Å². The molecule has 3 rings (SSSR count). The number of rotatable bonds is 4. The second-order valence-electron chi connectivity index (χ2n) is 8.18. The second kappa shape index (κ2) is 8.12. The molecule has 0 aromatic carbocycles. The molecule has 3 heterocycles. The van der Waals surface area contributed by atoms with Gasteiger partial charge in [-0.05, 0) is 103 Å². The zero-order chi connectivity index (χ0) is 15.4. The molecule has 0 aromatic rings. The summed E-state index contributed by atoms with van der Waals surface area (Å²) in [6.45, 7) is 13.0. The number of likely N-dealkylation sites (tertiary alicyclic amines) is 3. The summed E-state index contributed by atoms with van der Waals surface area (Å²) < 4.78 is 0. The molecule has 0 spiro atoms. The van der Waals surface area contributed by atoms with Gasteiger partial charge in [-0.3, -0.25) is 0 Å². The molecule has 3 nitrogen and oxygen atoms in total. The molecule has 0 unspecified atom stereocenters. The SMILES string of the molecule is CCN1CCC[C@H](CN2CCC(C3CCN(C)CC3)CC2)C1. The van der Waals surface area contributed by atoms with E-state index in [1.54, 1.807) is 0 Å². The van der Waals surface area contributed by atoms with Crippen LogP contribution in [0.15, 0.2) is 0 Å². The predicted molar refractivity (Wildman–Crippen MR) is 94.2 cm³/mol. The minimum absolute atomic E-state index is 0.939. The Balaban J connectivity index is 1.38. The fourth-order valence-corrected chi connectivity index (χ4v) is 5.06. The smallest absolute Gasteiger partial charge is 0.00219 e. The molecule has 0 aliphatic carbocycles. The first kappa shape index (κ1) is 16.7. The summed E-state index contributed by atoms with van der Waals surface area (Å²) in [7, 11) is 2.28. The van der Waals surface area contributed by atoms with E-state index in [1.807, 2.05) is 0 Å². The van der Waals surface area contributed by atoms with Crippen molar-refractivity contribution in [3.63, 3.8) is 0 Å². The minimum Gasteiger partial charge on any atom is -0.306 e. The summed E-state index contributed by atoms with van der Waals surface area (Å²) in [5, 5.41) is 0. The first-order chi connectivity index (χ1) is 10.7. The van der Waals surface area contributed by atoms with E-state index >= 15 is 0 Å². The summed E-state index contributed by atoms with van der Waals surface area (Å²) >= 11 is 0. The highest BCUT2D eigenvalue weighted by Crippen LogP contribution is 2.32. The third-order valence-electron chi connectivity index (χ3n) is 6.63. The molecule has 3 aliphatic rings. The van der Waals surface area contributed by atoms with E-state index in [2.05, 4.69) is 28.7 Å². The monoisotopic (exact) mass is 307 g/mol. The lowest BCUT2D eigenvalue weighted by Gasteiger charge is -2.41. The van der Waals surface area contributed by atoms with Gasteiger partial charge in [-0.15, -0.1) is 0 Å². The van der Waals surface area contributed by atoms with E-state index in [-0.39, 0.29) is 0 Å². The Hall–Kier alpha value is -0.120. The van der Waals surface area contributed by atoms with E-state index in [0.717, 1.165) is 17.8 Å². The molecule has 3 fully saturated rings. The molecule has 3 aliphatic heterocycles. The molecule has 1 atom stereocenters. The zero-order valence-corrected chi connectivity index (χ0v) is 15.0. The Labute approximate surface area is 138 Å². The highest BCUT2D eigenvalue weighted by atomic mass is 15.2. The van der Waals surface area contributed by atoms with E-state index in [0.29, 0.717) is 0 Å². The van der Waals surface area contributed by atoms with Gasteiger partial charge in [0.1, 0.15) is 0 Å². The quantitative estimate of drug-likeness (QED) is 0.791. The molecule has 0 aromatic heterocycles. The van der Waals surface area contributed by atoms with Crippen molar-refractivity contribution in [1.82, 2.24) is 14.7 Å². The average molecular weight is 308 g/mol. The van der Waals surface area contributed by atoms with Gasteiger partial charge >= 0.3 is 0 Å². The number of hydrogen-bond acceptors (Lipinski definition) is 3. The Morgan fingerprint density at radius 1 is 0.773 bits per heavy atom. The molecular weight excluding hydrogens is 270 g/mol. The Morgan fingerprint density at radius 2 is 1.41 bits per heavy atom. The zero-order valence-electron chi connectivity index (χ0n) is 15.0. The lowest BCUT2D eigenvalue weighted by Crippen LogP contribution is -2.44. The van der Waals surface area contributed by atoms with Gasteiger partial charge in [0.2, 0.25) is 0 Å². The highest BCUT2D eigenvalue weighted by molar-refractivity contribution is 4.83. The van der Waals surface area contributed by atoms with Crippen LogP contribution in [0.4, 0.5) is 0 Å². The molecule has 22 heavy (non-hydrogen) atoms. The van der Waals surface area contributed by atoms with Crippen LogP contribution >= 0.6 is 0 Å². The van der Waals surface area contributed by atoms with E-state index in [9.17, 15) is 0 Å². The second-order valence-corrected chi connectivity index (χ2v) is 8.18. The summed E-state index contributed by atoms with van der Waals surface area (Å²) in [6, 6.07) is 0. The van der Waals surface area contributed by atoms with Gasteiger partial charge in [0.15, 0.2) is 0 Å². The van der Waals surface area contributed by atoms with Crippen molar-refractivity contribution in [1.29, 1.82) is 0 Å². The van der Waals surface area contributed by atoms with Gasteiger partial charge in [0.25, 0.3) is 0 Å². The van der Waals surface area contributed by atoms with Gasteiger partial charge in [-0.1, -0.05) is 6.92 Å². The summed E-state index contributed by atoms with van der Waals surface area (Å²) in [5.74, 6) is 3.00. The molecule has 0 N–H and O–H groups in total. The van der Waals surface area contributed by atoms with Gasteiger partial charge in [0.05, 0.1) is 0 Å². The third-order valence-corrected chi connectivity index (χ3v) is 6.63. The predicted octanol–water partition coefficient (Wildman–Crippen LogP) is 2.77. The van der Waals surface area contributed by atoms with Crippen LogP contribution in [0.25, 0.3) is 0 Å². The maximum atomic E-state index is 2.79. The normalized spacial score (nSPS) is 31.6. The fourth-order valence-electron chi connectivity index (χ4n) is 5.06. The summed E-state index contributed by atoms with van der Waals surface area (Å²) in [5.41, 5.74) is 0. The van der Waals surface area contributed by atoms with Crippen LogP contribution in [-0.4, -0.2) is 74.1 Å². The fraction of sp³-hybridized carbons (Fsp3) is 1.00. The maximum Gasteiger partial charge on any atom is 0.00219 e. The first-order valence-electron chi connectivity index (χ1n) is 9.88. The van der Waals surface area contributed by atoms with Gasteiger partial charge in [0, 0.05) is 13.1 Å².